The first-order chi connectivity index (χ1) is 9.11. The van der Waals surface area contributed by atoms with E-state index in [0.717, 1.165) is 31.2 Å². The monoisotopic (exact) mass is 263 g/mol. The Morgan fingerprint density at radius 2 is 2.16 bits per heavy atom. The van der Waals surface area contributed by atoms with E-state index >= 15 is 0 Å². The first kappa shape index (κ1) is 13.8. The van der Waals surface area contributed by atoms with Gasteiger partial charge in [0, 0.05) is 19.7 Å². The molecule has 1 saturated carbocycles. The molecule has 0 bridgehead atoms. The highest BCUT2D eigenvalue weighted by atomic mass is 16.5. The number of methoxy groups -OCH3 is 1. The average Bonchev–Trinajstić information content (AvgIpc) is 2.38. The van der Waals surface area contributed by atoms with Gasteiger partial charge in [0.15, 0.2) is 0 Å². The molecule has 0 saturated heterocycles. The van der Waals surface area contributed by atoms with Gasteiger partial charge in [-0.05, 0) is 37.8 Å². The molecule has 1 aromatic rings. The summed E-state index contributed by atoms with van der Waals surface area (Å²) in [5, 5.41) is 7.64. The van der Waals surface area contributed by atoms with E-state index in [4.69, 9.17) is 20.6 Å². The molecule has 0 radical (unpaired) electrons. The van der Waals surface area contributed by atoms with Crippen LogP contribution in [0.2, 0.25) is 0 Å². The molecule has 1 aliphatic carbocycles. The number of aromatic nitrogens is 1. The number of hydrogen-bond acceptors (Lipinski definition) is 4. The summed E-state index contributed by atoms with van der Waals surface area (Å²) in [5.74, 6) is 0.467. The zero-order chi connectivity index (χ0) is 13.8. The number of pyridine rings is 1. The molecule has 1 aliphatic rings. The van der Waals surface area contributed by atoms with Crippen LogP contribution in [0.1, 0.15) is 36.8 Å². The Labute approximate surface area is 113 Å². The smallest absolute Gasteiger partial charge is 0.225 e. The maximum absolute atomic E-state index is 7.64. The van der Waals surface area contributed by atoms with Crippen molar-refractivity contribution in [3.05, 3.63) is 23.4 Å². The highest BCUT2D eigenvalue weighted by Crippen LogP contribution is 2.27. The van der Waals surface area contributed by atoms with Gasteiger partial charge in [-0.3, -0.25) is 5.41 Å². The Morgan fingerprint density at radius 3 is 2.84 bits per heavy atom. The third-order valence-electron chi connectivity index (χ3n) is 3.58. The van der Waals surface area contributed by atoms with E-state index in [-0.39, 0.29) is 18.0 Å². The van der Waals surface area contributed by atoms with Gasteiger partial charge in [-0.15, -0.1) is 0 Å². The number of aryl methyl sites for hydroxylation is 1. The summed E-state index contributed by atoms with van der Waals surface area (Å²) in [4.78, 5) is 4.22. The van der Waals surface area contributed by atoms with Crippen LogP contribution in [-0.4, -0.2) is 30.1 Å². The molecule has 2 atom stereocenters. The maximum atomic E-state index is 7.64. The molecule has 1 heterocycles. The van der Waals surface area contributed by atoms with Gasteiger partial charge in [-0.25, -0.2) is 4.98 Å². The van der Waals surface area contributed by atoms with Crippen molar-refractivity contribution < 1.29 is 9.47 Å². The Bertz CT molecular complexity index is 462. The Hall–Kier alpha value is -1.62. The highest BCUT2D eigenvalue weighted by molar-refractivity contribution is 5.98. The van der Waals surface area contributed by atoms with Crippen LogP contribution >= 0.6 is 0 Å². The summed E-state index contributed by atoms with van der Waals surface area (Å²) >= 11 is 0. The number of nitrogens with one attached hydrogen (secondary N) is 1. The molecule has 19 heavy (non-hydrogen) atoms. The second-order valence-corrected chi connectivity index (χ2v) is 4.99. The summed E-state index contributed by atoms with van der Waals surface area (Å²) in [6, 6.07) is 1.84. The zero-order valence-electron chi connectivity index (χ0n) is 11.5. The van der Waals surface area contributed by atoms with Crippen LogP contribution in [0.25, 0.3) is 0 Å². The Kier molecular flexibility index (Phi) is 4.37. The number of ether oxygens (including phenoxy) is 2. The minimum atomic E-state index is -0.000277. The van der Waals surface area contributed by atoms with Crippen molar-refractivity contribution in [2.24, 2.45) is 5.73 Å². The van der Waals surface area contributed by atoms with Crippen molar-refractivity contribution in [2.75, 3.05) is 7.11 Å². The number of nitrogens with two attached hydrogens (primary N) is 1. The Morgan fingerprint density at radius 1 is 1.42 bits per heavy atom. The van der Waals surface area contributed by atoms with Crippen molar-refractivity contribution in [3.8, 4) is 5.88 Å². The summed E-state index contributed by atoms with van der Waals surface area (Å²) in [6.45, 7) is 1.91. The van der Waals surface area contributed by atoms with E-state index in [1.165, 1.54) is 0 Å². The zero-order valence-corrected chi connectivity index (χ0v) is 11.5. The lowest BCUT2D eigenvalue weighted by Crippen LogP contribution is -2.30. The van der Waals surface area contributed by atoms with E-state index in [2.05, 4.69) is 4.98 Å². The predicted octanol–water partition coefficient (Wildman–Crippen LogP) is 2.01. The van der Waals surface area contributed by atoms with Gasteiger partial charge in [0.05, 0.1) is 11.7 Å². The van der Waals surface area contributed by atoms with Gasteiger partial charge in [-0.2, -0.15) is 0 Å². The summed E-state index contributed by atoms with van der Waals surface area (Å²) in [7, 11) is 1.74. The lowest BCUT2D eigenvalue weighted by Gasteiger charge is -2.28. The molecule has 104 valence electrons. The largest absolute Gasteiger partial charge is 0.474 e. The third-order valence-corrected chi connectivity index (χ3v) is 3.58. The van der Waals surface area contributed by atoms with Crippen molar-refractivity contribution in [1.29, 1.82) is 5.41 Å². The molecular formula is C14H21N3O2. The van der Waals surface area contributed by atoms with E-state index < -0.39 is 0 Å². The number of rotatable bonds is 4. The molecule has 1 aromatic heterocycles. The molecule has 2 rings (SSSR count). The van der Waals surface area contributed by atoms with Crippen molar-refractivity contribution in [2.45, 2.75) is 44.8 Å². The molecule has 1 fully saturated rings. The SMILES string of the molecule is COC1CCCC(Oc2nccc(C)c2C(=N)N)C1. The van der Waals surface area contributed by atoms with E-state index in [0.29, 0.717) is 11.4 Å². The van der Waals surface area contributed by atoms with Crippen molar-refractivity contribution >= 4 is 5.84 Å². The van der Waals surface area contributed by atoms with Gasteiger partial charge >= 0.3 is 0 Å². The highest BCUT2D eigenvalue weighted by Gasteiger charge is 2.24. The van der Waals surface area contributed by atoms with Gasteiger partial charge in [0.2, 0.25) is 5.88 Å². The second kappa shape index (κ2) is 6.02. The number of hydrogen-bond donors (Lipinski definition) is 2. The van der Waals surface area contributed by atoms with E-state index in [1.807, 2.05) is 13.0 Å². The molecule has 0 aromatic carbocycles. The second-order valence-electron chi connectivity index (χ2n) is 4.99. The summed E-state index contributed by atoms with van der Waals surface area (Å²) in [6.07, 6.45) is 6.06. The molecule has 5 nitrogen and oxygen atoms in total. The van der Waals surface area contributed by atoms with E-state index in [9.17, 15) is 0 Å². The van der Waals surface area contributed by atoms with Crippen LogP contribution < -0.4 is 10.5 Å². The van der Waals surface area contributed by atoms with Crippen LogP contribution in [0.15, 0.2) is 12.3 Å². The summed E-state index contributed by atoms with van der Waals surface area (Å²) in [5.41, 5.74) is 7.13. The minimum absolute atomic E-state index is 0.000277. The quantitative estimate of drug-likeness (QED) is 0.643. The molecule has 5 heteroatoms. The van der Waals surface area contributed by atoms with Crippen molar-refractivity contribution in [1.82, 2.24) is 4.98 Å². The van der Waals surface area contributed by atoms with Gasteiger partial charge < -0.3 is 15.2 Å². The van der Waals surface area contributed by atoms with Gasteiger partial charge in [-0.1, -0.05) is 0 Å². The first-order valence-corrected chi connectivity index (χ1v) is 6.61. The van der Waals surface area contributed by atoms with Crippen molar-refractivity contribution in [3.63, 3.8) is 0 Å². The normalized spacial score (nSPS) is 23.1. The molecular weight excluding hydrogens is 242 g/mol. The van der Waals surface area contributed by atoms with Crippen LogP contribution in [-0.2, 0) is 4.74 Å². The maximum Gasteiger partial charge on any atom is 0.225 e. The lowest BCUT2D eigenvalue weighted by atomic mass is 9.95. The third kappa shape index (κ3) is 3.23. The van der Waals surface area contributed by atoms with Crippen LogP contribution in [0.5, 0.6) is 5.88 Å². The molecule has 0 amide bonds. The molecule has 0 spiro atoms. The fraction of sp³-hybridized carbons (Fsp3) is 0.571. The Balaban J connectivity index is 2.14. The predicted molar refractivity (Wildman–Crippen MR) is 73.7 cm³/mol. The van der Waals surface area contributed by atoms with Crippen LogP contribution in [0, 0.1) is 12.3 Å². The standard InChI is InChI=1S/C14H21N3O2/c1-9-6-7-17-14(12(9)13(15)16)19-11-5-3-4-10(8-11)18-2/h6-7,10-11H,3-5,8H2,1-2H3,(H3,15,16). The van der Waals surface area contributed by atoms with Crippen LogP contribution in [0.4, 0.5) is 0 Å². The summed E-state index contributed by atoms with van der Waals surface area (Å²) < 4.78 is 11.3. The average molecular weight is 263 g/mol. The van der Waals surface area contributed by atoms with Crippen LogP contribution in [0.3, 0.4) is 0 Å². The van der Waals surface area contributed by atoms with Gasteiger partial charge in [0.1, 0.15) is 11.9 Å². The first-order valence-electron chi connectivity index (χ1n) is 6.61. The topological polar surface area (TPSA) is 81.2 Å². The van der Waals surface area contributed by atoms with Gasteiger partial charge in [0.25, 0.3) is 0 Å². The number of amidine groups is 1. The molecule has 0 aliphatic heterocycles. The van der Waals surface area contributed by atoms with E-state index in [1.54, 1.807) is 13.3 Å². The molecule has 3 N–H and O–H groups in total. The number of nitrogen functional groups attached to an aromatic ring is 1. The fourth-order valence-electron chi connectivity index (χ4n) is 2.53. The molecule has 2 unspecified atom stereocenters. The fourth-order valence-corrected chi connectivity index (χ4v) is 2.53. The lowest BCUT2D eigenvalue weighted by molar-refractivity contribution is 0.0194. The number of nitrogens with zero attached hydrogens (tertiary/aromatic N) is 1. The minimum Gasteiger partial charge on any atom is -0.474 e.